The van der Waals surface area contributed by atoms with Crippen molar-refractivity contribution in [2.75, 3.05) is 44.8 Å². The number of nitrogens with zero attached hydrogens (tertiary/aromatic N) is 3. The van der Waals surface area contributed by atoms with Gasteiger partial charge in [-0.05, 0) is 25.5 Å². The molecule has 7 nitrogen and oxygen atoms in total. The number of amides is 1. The summed E-state index contributed by atoms with van der Waals surface area (Å²) in [7, 11) is 1.71. The molecule has 1 amide bonds. The number of ether oxygens (including phenoxy) is 2. The molecule has 2 aliphatic rings. The number of aromatic nitrogens is 1. The van der Waals surface area contributed by atoms with Crippen molar-refractivity contribution in [3.63, 3.8) is 0 Å². The van der Waals surface area contributed by atoms with E-state index in [-0.39, 0.29) is 29.8 Å². The molecule has 1 fully saturated rings. The molecule has 2 atom stereocenters. The average molecular weight is 475 g/mol. The lowest BCUT2D eigenvalue weighted by molar-refractivity contribution is -0.121. The Morgan fingerprint density at radius 3 is 2.79 bits per heavy atom. The Morgan fingerprint density at radius 1 is 1.30 bits per heavy atom. The van der Waals surface area contributed by atoms with Crippen LogP contribution in [0, 0.1) is 6.92 Å². The predicted molar refractivity (Wildman–Crippen MR) is 133 cm³/mol. The van der Waals surface area contributed by atoms with E-state index in [1.165, 1.54) is 0 Å². The molecule has 180 valence electrons. The van der Waals surface area contributed by atoms with Crippen LogP contribution >= 0.6 is 12.4 Å². The quantitative estimate of drug-likeness (QED) is 0.690. The molecule has 8 heteroatoms. The normalized spacial score (nSPS) is 21.9. The Kier molecular flexibility index (Phi) is 8.00. The summed E-state index contributed by atoms with van der Waals surface area (Å²) in [6, 6.07) is 10.3. The Bertz CT molecular complexity index is 984. The second kappa shape index (κ2) is 10.4. The molecule has 33 heavy (non-hydrogen) atoms. The first-order chi connectivity index (χ1) is 15.3. The third-order valence-corrected chi connectivity index (χ3v) is 6.46. The second-order valence-corrected chi connectivity index (χ2v) is 9.62. The van der Waals surface area contributed by atoms with Gasteiger partial charge in [0, 0.05) is 62.1 Å². The van der Waals surface area contributed by atoms with E-state index in [4.69, 9.17) is 9.47 Å². The highest BCUT2D eigenvalue weighted by Gasteiger charge is 2.40. The number of carbonyl (C=O) groups is 1. The highest BCUT2D eigenvalue weighted by atomic mass is 35.5. The number of carbonyl (C=O) groups excluding carboxylic acids is 1. The number of hydrogen-bond acceptors (Lipinski definition) is 6. The van der Waals surface area contributed by atoms with Crippen molar-refractivity contribution in [1.82, 2.24) is 15.2 Å². The number of anilines is 1. The molecule has 2 aliphatic heterocycles. The molecule has 0 spiro atoms. The number of pyridine rings is 1. The maximum Gasteiger partial charge on any atom is 0.241 e. The van der Waals surface area contributed by atoms with Crippen molar-refractivity contribution >= 4 is 24.0 Å². The molecule has 0 radical (unpaired) electrons. The van der Waals surface area contributed by atoms with Crippen LogP contribution in [0.2, 0.25) is 0 Å². The largest absolute Gasteiger partial charge is 0.439 e. The maximum atomic E-state index is 13.5. The van der Waals surface area contributed by atoms with Crippen LogP contribution in [0.5, 0.6) is 11.6 Å². The molecule has 4 rings (SSSR count). The van der Waals surface area contributed by atoms with Crippen molar-refractivity contribution in [1.29, 1.82) is 0 Å². The minimum atomic E-state index is -0.165. The molecule has 0 bridgehead atoms. The van der Waals surface area contributed by atoms with E-state index < -0.39 is 0 Å². The summed E-state index contributed by atoms with van der Waals surface area (Å²) in [6.45, 7) is 11.7. The molecule has 1 N–H and O–H groups in total. The lowest BCUT2D eigenvalue weighted by Gasteiger charge is -2.39. The van der Waals surface area contributed by atoms with Gasteiger partial charge < -0.3 is 19.7 Å². The van der Waals surface area contributed by atoms with Gasteiger partial charge in [-0.3, -0.25) is 9.69 Å². The van der Waals surface area contributed by atoms with Gasteiger partial charge in [-0.15, -0.1) is 12.4 Å². The summed E-state index contributed by atoms with van der Waals surface area (Å²) >= 11 is 0. The van der Waals surface area contributed by atoms with Gasteiger partial charge in [0.15, 0.2) is 0 Å². The van der Waals surface area contributed by atoms with Crippen LogP contribution in [-0.4, -0.2) is 67.8 Å². The summed E-state index contributed by atoms with van der Waals surface area (Å²) in [6.07, 6.45) is 1.86. The summed E-state index contributed by atoms with van der Waals surface area (Å²) in [5, 5.41) is 3.48. The number of methoxy groups -OCH3 is 1. The number of nitrogens with one attached hydrogen (secondary N) is 1. The Labute approximate surface area is 202 Å². The van der Waals surface area contributed by atoms with Gasteiger partial charge in [0.25, 0.3) is 0 Å². The third kappa shape index (κ3) is 5.49. The fourth-order valence-corrected chi connectivity index (χ4v) is 4.64. The Balaban J connectivity index is 0.00000306. The summed E-state index contributed by atoms with van der Waals surface area (Å²) in [4.78, 5) is 22.2. The van der Waals surface area contributed by atoms with Crippen molar-refractivity contribution in [3.8, 4) is 11.6 Å². The SMILES string of the molecule is COC[C@H]1CN[C@H](C)CN1CC(=O)N1CC(C)(C)c2cnc(Oc3ccccc3C)cc21.Cl. The van der Waals surface area contributed by atoms with Crippen molar-refractivity contribution < 1.29 is 14.3 Å². The lowest BCUT2D eigenvalue weighted by atomic mass is 9.88. The van der Waals surface area contributed by atoms with Crippen LogP contribution < -0.4 is 15.0 Å². The van der Waals surface area contributed by atoms with Crippen molar-refractivity contribution in [2.45, 2.75) is 45.2 Å². The van der Waals surface area contributed by atoms with Crippen LogP contribution in [0.1, 0.15) is 31.9 Å². The first-order valence-corrected chi connectivity index (χ1v) is 11.3. The number of aryl methyl sites for hydroxylation is 1. The van der Waals surface area contributed by atoms with Crippen LogP contribution in [0.4, 0.5) is 5.69 Å². The van der Waals surface area contributed by atoms with E-state index in [0.717, 1.165) is 35.7 Å². The zero-order valence-corrected chi connectivity index (χ0v) is 20.9. The van der Waals surface area contributed by atoms with Crippen molar-refractivity contribution in [2.24, 2.45) is 0 Å². The summed E-state index contributed by atoms with van der Waals surface area (Å²) in [5.74, 6) is 1.37. The van der Waals surface area contributed by atoms with Gasteiger partial charge in [0.2, 0.25) is 11.8 Å². The predicted octanol–water partition coefficient (Wildman–Crippen LogP) is 3.54. The minimum Gasteiger partial charge on any atom is -0.439 e. The molecule has 1 aromatic carbocycles. The zero-order valence-electron chi connectivity index (χ0n) is 20.1. The highest BCUT2D eigenvalue weighted by molar-refractivity contribution is 5.97. The number of halogens is 1. The molecular weight excluding hydrogens is 440 g/mol. The van der Waals surface area contributed by atoms with Gasteiger partial charge in [0.05, 0.1) is 18.8 Å². The number of fused-ring (bicyclic) bond motifs is 1. The third-order valence-electron chi connectivity index (χ3n) is 6.46. The number of rotatable bonds is 6. The first kappa shape index (κ1) is 25.4. The molecule has 2 aromatic rings. The topological polar surface area (TPSA) is 66.9 Å². The number of hydrogen-bond donors (Lipinski definition) is 1. The van der Waals surface area contributed by atoms with E-state index in [1.54, 1.807) is 7.11 Å². The number of piperazine rings is 1. The first-order valence-electron chi connectivity index (χ1n) is 11.3. The van der Waals surface area contributed by atoms with Crippen LogP contribution in [0.15, 0.2) is 36.5 Å². The molecule has 0 saturated carbocycles. The monoisotopic (exact) mass is 474 g/mol. The van der Waals surface area contributed by atoms with E-state index in [0.29, 0.717) is 31.6 Å². The van der Waals surface area contributed by atoms with E-state index in [1.807, 2.05) is 48.4 Å². The van der Waals surface area contributed by atoms with E-state index >= 15 is 0 Å². The average Bonchev–Trinajstić information content (AvgIpc) is 3.02. The number of para-hydroxylation sites is 1. The smallest absolute Gasteiger partial charge is 0.241 e. The fourth-order valence-electron chi connectivity index (χ4n) is 4.64. The Morgan fingerprint density at radius 2 is 2.06 bits per heavy atom. The summed E-state index contributed by atoms with van der Waals surface area (Å²) in [5.41, 5.74) is 2.84. The van der Waals surface area contributed by atoms with Gasteiger partial charge in [0.1, 0.15) is 5.75 Å². The van der Waals surface area contributed by atoms with Crippen LogP contribution in [0.25, 0.3) is 0 Å². The minimum absolute atomic E-state index is 0. The van der Waals surface area contributed by atoms with E-state index in [2.05, 4.69) is 36.0 Å². The van der Waals surface area contributed by atoms with Gasteiger partial charge >= 0.3 is 0 Å². The van der Waals surface area contributed by atoms with E-state index in [9.17, 15) is 4.79 Å². The van der Waals surface area contributed by atoms with Crippen LogP contribution in [0.3, 0.4) is 0 Å². The van der Waals surface area contributed by atoms with Crippen molar-refractivity contribution in [3.05, 3.63) is 47.7 Å². The summed E-state index contributed by atoms with van der Waals surface area (Å²) < 4.78 is 11.5. The fraction of sp³-hybridized carbons (Fsp3) is 0.520. The molecule has 1 saturated heterocycles. The van der Waals surface area contributed by atoms with Gasteiger partial charge in [-0.2, -0.15) is 0 Å². The second-order valence-electron chi connectivity index (χ2n) is 9.62. The standard InChI is InChI=1S/C25H34N4O3.ClH/c1-17-8-6-7-9-22(17)32-23-10-21-20(12-27-23)25(3,4)16-29(21)24(30)14-28-13-18(2)26-11-19(28)15-31-5;/h6-10,12,18-19,26H,11,13-16H2,1-5H3;1H/t18-,19-;/m1./s1. The Hall–Kier alpha value is -2.19. The van der Waals surface area contributed by atoms with Crippen LogP contribution in [-0.2, 0) is 14.9 Å². The highest BCUT2D eigenvalue weighted by Crippen LogP contribution is 2.42. The molecule has 0 unspecified atom stereocenters. The zero-order chi connectivity index (χ0) is 22.9. The molecule has 0 aliphatic carbocycles. The number of benzene rings is 1. The molecular formula is C25H35ClN4O3. The van der Waals surface area contributed by atoms with Gasteiger partial charge in [-0.25, -0.2) is 4.98 Å². The maximum absolute atomic E-state index is 13.5. The molecule has 1 aromatic heterocycles. The van der Waals surface area contributed by atoms with Gasteiger partial charge in [-0.1, -0.05) is 32.0 Å². The molecule has 3 heterocycles. The lowest BCUT2D eigenvalue weighted by Crippen LogP contribution is -2.59.